The molecule has 5 rings (SSSR count). The fourth-order valence-corrected chi connectivity index (χ4v) is 5.75. The van der Waals surface area contributed by atoms with Gasteiger partial charge in [-0.05, 0) is 55.7 Å². The molecule has 34 heavy (non-hydrogen) atoms. The minimum atomic E-state index is -4.48. The van der Waals surface area contributed by atoms with Crippen LogP contribution in [0.2, 0.25) is 0 Å². The number of hydrogen-bond acceptors (Lipinski definition) is 6. The van der Waals surface area contributed by atoms with Gasteiger partial charge in [-0.1, -0.05) is 24.3 Å². The molecule has 0 radical (unpaired) electrons. The number of hydrogen-bond donors (Lipinski definition) is 0. The third-order valence-corrected chi connectivity index (χ3v) is 7.65. The van der Waals surface area contributed by atoms with Crippen LogP contribution in [0.15, 0.2) is 82.1 Å². The van der Waals surface area contributed by atoms with Crippen molar-refractivity contribution in [2.45, 2.75) is 30.6 Å². The summed E-state index contributed by atoms with van der Waals surface area (Å²) in [5, 5.41) is 12.0. The summed E-state index contributed by atoms with van der Waals surface area (Å²) in [4.78, 5) is 23.8. The molecule has 0 fully saturated rings. The highest BCUT2D eigenvalue weighted by Crippen LogP contribution is 2.36. The van der Waals surface area contributed by atoms with E-state index in [1.807, 2.05) is 0 Å². The maximum Gasteiger partial charge on any atom is 0.272 e. The van der Waals surface area contributed by atoms with Crippen molar-refractivity contribution in [1.82, 2.24) is 0 Å². The van der Waals surface area contributed by atoms with Crippen LogP contribution >= 0.6 is 0 Å². The molecule has 1 amide bonds. The Balaban J connectivity index is 1.70. The average molecular weight is 477 g/mol. The Morgan fingerprint density at radius 2 is 1.71 bits per heavy atom. The third kappa shape index (κ3) is 3.73. The van der Waals surface area contributed by atoms with Gasteiger partial charge in [-0.2, -0.15) is 4.31 Å². The zero-order valence-electron chi connectivity index (χ0n) is 18.0. The van der Waals surface area contributed by atoms with Crippen LogP contribution in [0.4, 0.5) is 11.4 Å². The molecule has 0 saturated heterocycles. The van der Waals surface area contributed by atoms with Gasteiger partial charge in [-0.15, -0.1) is 0 Å². The van der Waals surface area contributed by atoms with E-state index in [0.29, 0.717) is 9.89 Å². The van der Waals surface area contributed by atoms with Crippen LogP contribution in [0.3, 0.4) is 0 Å². The van der Waals surface area contributed by atoms with Gasteiger partial charge in [0.25, 0.3) is 21.6 Å². The molecule has 8 nitrogen and oxygen atoms in total. The van der Waals surface area contributed by atoms with Gasteiger partial charge in [-0.25, -0.2) is 8.42 Å². The van der Waals surface area contributed by atoms with Gasteiger partial charge < -0.3 is 4.42 Å². The Morgan fingerprint density at radius 1 is 0.941 bits per heavy atom. The standard InChI is InChI=1S/C25H20N2O6S/c28-25(17-7-2-1-3-8-17)26(34(31,32)20-10-6-9-19(15-20)27(29)30)18-13-14-24-22(16-18)21-11-4-5-12-23(21)33-24/h1-3,6-10,13-16H,4-5,11-12H2. The van der Waals surface area contributed by atoms with E-state index < -0.39 is 20.9 Å². The Bertz CT molecular complexity index is 1530. The second-order valence-electron chi connectivity index (χ2n) is 8.09. The molecule has 9 heteroatoms. The summed E-state index contributed by atoms with van der Waals surface area (Å²) in [7, 11) is -4.48. The van der Waals surface area contributed by atoms with Gasteiger partial charge in [0.05, 0.1) is 15.5 Å². The van der Waals surface area contributed by atoms with E-state index in [0.717, 1.165) is 48.5 Å². The van der Waals surface area contributed by atoms with Gasteiger partial charge in [0.15, 0.2) is 0 Å². The van der Waals surface area contributed by atoms with Gasteiger partial charge in [0, 0.05) is 35.1 Å². The second kappa shape index (κ2) is 8.42. The van der Waals surface area contributed by atoms with Crippen LogP contribution in [0.25, 0.3) is 11.0 Å². The Morgan fingerprint density at radius 3 is 2.47 bits per heavy atom. The monoisotopic (exact) mass is 476 g/mol. The summed E-state index contributed by atoms with van der Waals surface area (Å²) >= 11 is 0. The van der Waals surface area contributed by atoms with Gasteiger partial charge in [0.1, 0.15) is 11.3 Å². The summed E-state index contributed by atoms with van der Waals surface area (Å²) < 4.78 is 34.2. The zero-order valence-corrected chi connectivity index (χ0v) is 18.8. The first kappa shape index (κ1) is 21.8. The Hall–Kier alpha value is -3.98. The van der Waals surface area contributed by atoms with Crippen molar-refractivity contribution in [3.05, 3.63) is 99.8 Å². The third-order valence-electron chi connectivity index (χ3n) is 5.94. The highest BCUT2D eigenvalue weighted by atomic mass is 32.2. The molecule has 0 N–H and O–H groups in total. The van der Waals surface area contributed by atoms with E-state index in [2.05, 4.69) is 0 Å². The summed E-state index contributed by atoms with van der Waals surface area (Å²) in [5.74, 6) is 0.129. The highest BCUT2D eigenvalue weighted by molar-refractivity contribution is 7.93. The number of anilines is 1. The van der Waals surface area contributed by atoms with E-state index >= 15 is 0 Å². The van der Waals surface area contributed by atoms with Gasteiger partial charge in [-0.3, -0.25) is 14.9 Å². The Labute approximate surface area is 195 Å². The van der Waals surface area contributed by atoms with Crippen molar-refractivity contribution >= 4 is 38.3 Å². The number of nitro groups is 1. The predicted octanol–water partition coefficient (Wildman–Crippen LogP) is 5.26. The zero-order chi connectivity index (χ0) is 23.9. The van der Waals surface area contributed by atoms with Crippen LogP contribution in [0.5, 0.6) is 0 Å². The average Bonchev–Trinajstić information content (AvgIpc) is 3.22. The first-order valence-electron chi connectivity index (χ1n) is 10.8. The number of amides is 1. The number of aryl methyl sites for hydroxylation is 2. The normalized spacial score (nSPS) is 13.4. The molecule has 0 saturated carbocycles. The van der Waals surface area contributed by atoms with Crippen LogP contribution in [0, 0.1) is 10.1 Å². The highest BCUT2D eigenvalue weighted by Gasteiger charge is 2.33. The molecular formula is C25H20N2O6S. The van der Waals surface area contributed by atoms with E-state index in [9.17, 15) is 23.3 Å². The number of carbonyl (C=O) groups excluding carboxylic acids is 1. The Kier molecular flexibility index (Phi) is 5.41. The van der Waals surface area contributed by atoms with E-state index in [1.54, 1.807) is 30.3 Å². The molecule has 1 aliphatic rings. The number of furan rings is 1. The van der Waals surface area contributed by atoms with Crippen LogP contribution in [0.1, 0.15) is 34.5 Å². The first-order chi connectivity index (χ1) is 16.4. The smallest absolute Gasteiger partial charge is 0.272 e. The minimum Gasteiger partial charge on any atom is -0.461 e. The summed E-state index contributed by atoms with van der Waals surface area (Å²) in [6.45, 7) is 0. The number of benzene rings is 3. The van der Waals surface area contributed by atoms with Crippen LogP contribution in [-0.2, 0) is 22.9 Å². The lowest BCUT2D eigenvalue weighted by Crippen LogP contribution is -2.37. The lowest BCUT2D eigenvalue weighted by atomic mass is 9.96. The van der Waals surface area contributed by atoms with Gasteiger partial charge >= 0.3 is 0 Å². The maximum absolute atomic E-state index is 13.7. The van der Waals surface area contributed by atoms with Crippen molar-refractivity contribution in [1.29, 1.82) is 0 Å². The molecule has 172 valence electrons. The van der Waals surface area contributed by atoms with E-state index in [-0.39, 0.29) is 21.8 Å². The number of nitrogens with zero attached hydrogens (tertiary/aromatic N) is 2. The van der Waals surface area contributed by atoms with Gasteiger partial charge in [0.2, 0.25) is 0 Å². The quantitative estimate of drug-likeness (QED) is 0.287. The van der Waals surface area contributed by atoms with Crippen LogP contribution < -0.4 is 4.31 Å². The fourth-order valence-electron chi connectivity index (χ4n) is 4.30. The molecule has 0 unspecified atom stereocenters. The molecular weight excluding hydrogens is 456 g/mol. The summed E-state index contributed by atoms with van der Waals surface area (Å²) in [5.41, 5.74) is 1.60. The first-order valence-corrected chi connectivity index (χ1v) is 12.2. The maximum atomic E-state index is 13.7. The lowest BCUT2D eigenvalue weighted by Gasteiger charge is -2.23. The molecule has 0 aliphatic heterocycles. The van der Waals surface area contributed by atoms with Crippen molar-refractivity contribution in [2.75, 3.05) is 4.31 Å². The molecule has 1 aromatic heterocycles. The SMILES string of the molecule is O=C(c1ccccc1)N(c1ccc2oc3c(c2c1)CCCC3)S(=O)(=O)c1cccc([N+](=O)[O-])c1. The topological polar surface area (TPSA) is 111 Å². The predicted molar refractivity (Wildman–Crippen MR) is 126 cm³/mol. The number of rotatable bonds is 5. The molecule has 1 heterocycles. The van der Waals surface area contributed by atoms with Crippen molar-refractivity contribution in [3.8, 4) is 0 Å². The second-order valence-corrected chi connectivity index (χ2v) is 9.87. The molecule has 0 spiro atoms. The number of carbonyl (C=O) groups is 1. The lowest BCUT2D eigenvalue weighted by molar-refractivity contribution is -0.385. The van der Waals surface area contributed by atoms with Crippen molar-refractivity contribution < 1.29 is 22.6 Å². The number of non-ortho nitro benzene ring substituents is 1. The largest absolute Gasteiger partial charge is 0.461 e. The van der Waals surface area contributed by atoms with E-state index in [1.165, 1.54) is 36.4 Å². The molecule has 4 aromatic rings. The number of nitro benzene ring substituents is 1. The number of sulfonamides is 1. The van der Waals surface area contributed by atoms with Crippen molar-refractivity contribution in [2.24, 2.45) is 0 Å². The summed E-state index contributed by atoms with van der Waals surface area (Å²) in [6, 6.07) is 17.6. The van der Waals surface area contributed by atoms with E-state index in [4.69, 9.17) is 4.42 Å². The van der Waals surface area contributed by atoms with Crippen molar-refractivity contribution in [3.63, 3.8) is 0 Å². The fraction of sp³-hybridized carbons (Fsp3) is 0.160. The molecule has 0 atom stereocenters. The summed E-state index contributed by atoms with van der Waals surface area (Å²) in [6.07, 6.45) is 3.66. The molecule has 3 aromatic carbocycles. The molecule has 0 bridgehead atoms. The number of fused-ring (bicyclic) bond motifs is 3. The molecule has 1 aliphatic carbocycles. The van der Waals surface area contributed by atoms with Crippen LogP contribution in [-0.4, -0.2) is 19.2 Å². The minimum absolute atomic E-state index is 0.141.